The van der Waals surface area contributed by atoms with Gasteiger partial charge in [0.15, 0.2) is 0 Å². The molecule has 7 nitrogen and oxygen atoms in total. The number of likely N-dealkylation sites (tertiary alicyclic amines) is 1. The Morgan fingerprint density at radius 2 is 1.52 bits per heavy atom. The van der Waals surface area contributed by atoms with Crippen LogP contribution in [0, 0.1) is 0 Å². The lowest BCUT2D eigenvalue weighted by atomic mass is 10.1. The zero-order valence-corrected chi connectivity index (χ0v) is 17.0. The summed E-state index contributed by atoms with van der Waals surface area (Å²) in [4.78, 5) is 43.8. The first-order valence-corrected chi connectivity index (χ1v) is 10.8. The molecule has 2 fully saturated rings. The Bertz CT molecular complexity index is 885. The van der Waals surface area contributed by atoms with Gasteiger partial charge in [-0.25, -0.2) is 4.79 Å². The standard InChI is InChI=1S/C21H24N4O3S/c26-19(18-7-4-14-29-18)22-17-6-3-5-16(15-17)20(27)23-10-12-25(13-11-23)21(28)24-8-1-2-9-24/h3-7,14-15H,1-2,8-13H2,(H,22,26). The lowest BCUT2D eigenvalue weighted by Gasteiger charge is -2.36. The number of carbonyl (C=O) groups excluding carboxylic acids is 3. The van der Waals surface area contributed by atoms with Crippen LogP contribution in [-0.2, 0) is 0 Å². The lowest BCUT2D eigenvalue weighted by molar-refractivity contribution is 0.0645. The van der Waals surface area contributed by atoms with Crippen LogP contribution < -0.4 is 5.32 Å². The highest BCUT2D eigenvalue weighted by atomic mass is 32.1. The van der Waals surface area contributed by atoms with Gasteiger partial charge in [0.05, 0.1) is 4.88 Å². The summed E-state index contributed by atoms with van der Waals surface area (Å²) in [5.41, 5.74) is 1.13. The fourth-order valence-corrected chi connectivity index (χ4v) is 4.34. The van der Waals surface area contributed by atoms with Crippen molar-refractivity contribution in [3.63, 3.8) is 0 Å². The molecule has 2 aromatic rings. The van der Waals surface area contributed by atoms with Crippen LogP contribution >= 0.6 is 11.3 Å². The number of hydrogen-bond acceptors (Lipinski definition) is 4. The van der Waals surface area contributed by atoms with Crippen molar-refractivity contribution in [2.24, 2.45) is 0 Å². The summed E-state index contributed by atoms with van der Waals surface area (Å²) in [6.45, 7) is 3.81. The molecule has 0 aliphatic carbocycles. The second-order valence-electron chi connectivity index (χ2n) is 7.27. The molecule has 152 valence electrons. The maximum absolute atomic E-state index is 12.9. The molecule has 4 rings (SSSR count). The van der Waals surface area contributed by atoms with E-state index in [9.17, 15) is 14.4 Å². The van der Waals surface area contributed by atoms with Gasteiger partial charge in [0, 0.05) is 50.5 Å². The first-order chi connectivity index (χ1) is 14.1. The molecule has 0 atom stereocenters. The molecule has 4 amide bonds. The SMILES string of the molecule is O=C(Nc1cccc(C(=O)N2CCN(C(=O)N3CCCC3)CC2)c1)c1cccs1. The maximum atomic E-state index is 12.9. The molecule has 0 radical (unpaired) electrons. The number of benzene rings is 1. The lowest BCUT2D eigenvalue weighted by Crippen LogP contribution is -2.53. The third-order valence-electron chi connectivity index (χ3n) is 5.33. The largest absolute Gasteiger partial charge is 0.335 e. The second-order valence-corrected chi connectivity index (χ2v) is 8.22. The third-order valence-corrected chi connectivity index (χ3v) is 6.19. The number of anilines is 1. The van der Waals surface area contributed by atoms with Crippen LogP contribution in [0.4, 0.5) is 10.5 Å². The van der Waals surface area contributed by atoms with Gasteiger partial charge in [-0.3, -0.25) is 9.59 Å². The molecule has 2 aliphatic heterocycles. The van der Waals surface area contributed by atoms with Crippen LogP contribution in [0.3, 0.4) is 0 Å². The van der Waals surface area contributed by atoms with Crippen molar-refractivity contribution in [3.05, 3.63) is 52.2 Å². The number of amides is 4. The Morgan fingerprint density at radius 3 is 2.21 bits per heavy atom. The Kier molecular flexibility index (Phi) is 5.80. The summed E-state index contributed by atoms with van der Waals surface area (Å²) < 4.78 is 0. The number of hydrogen-bond donors (Lipinski definition) is 1. The van der Waals surface area contributed by atoms with E-state index in [2.05, 4.69) is 5.32 Å². The summed E-state index contributed by atoms with van der Waals surface area (Å²) >= 11 is 1.37. The molecule has 1 N–H and O–H groups in total. The molecule has 2 saturated heterocycles. The van der Waals surface area contributed by atoms with Crippen molar-refractivity contribution < 1.29 is 14.4 Å². The molecule has 3 heterocycles. The second kappa shape index (κ2) is 8.65. The monoisotopic (exact) mass is 412 g/mol. The first kappa shape index (κ1) is 19.4. The molecule has 2 aliphatic rings. The number of thiophene rings is 1. The summed E-state index contributed by atoms with van der Waals surface area (Å²) in [6.07, 6.45) is 2.15. The molecule has 0 bridgehead atoms. The highest BCUT2D eigenvalue weighted by Gasteiger charge is 2.28. The van der Waals surface area contributed by atoms with E-state index in [1.165, 1.54) is 11.3 Å². The third kappa shape index (κ3) is 4.42. The van der Waals surface area contributed by atoms with Crippen LogP contribution in [0.1, 0.15) is 32.9 Å². The topological polar surface area (TPSA) is 73.0 Å². The fourth-order valence-electron chi connectivity index (χ4n) is 3.72. The van der Waals surface area contributed by atoms with Gasteiger partial charge < -0.3 is 20.0 Å². The van der Waals surface area contributed by atoms with Gasteiger partial charge in [0.1, 0.15) is 0 Å². The number of nitrogens with zero attached hydrogens (tertiary/aromatic N) is 3. The molecule has 29 heavy (non-hydrogen) atoms. The average molecular weight is 413 g/mol. The molecule has 0 saturated carbocycles. The minimum Gasteiger partial charge on any atom is -0.335 e. The molecule has 0 unspecified atom stereocenters. The first-order valence-electron chi connectivity index (χ1n) is 9.90. The van der Waals surface area contributed by atoms with Crippen molar-refractivity contribution in [1.29, 1.82) is 0 Å². The predicted octanol–water partition coefficient (Wildman–Crippen LogP) is 2.97. The minimum absolute atomic E-state index is 0.0782. The van der Waals surface area contributed by atoms with E-state index in [0.717, 1.165) is 25.9 Å². The zero-order chi connectivity index (χ0) is 20.2. The number of rotatable bonds is 3. The minimum atomic E-state index is -0.182. The van der Waals surface area contributed by atoms with Gasteiger partial charge in [0.25, 0.3) is 11.8 Å². The van der Waals surface area contributed by atoms with E-state index >= 15 is 0 Å². The molecular weight excluding hydrogens is 388 g/mol. The summed E-state index contributed by atoms with van der Waals surface area (Å²) in [5.74, 6) is -0.260. The van der Waals surface area contributed by atoms with Gasteiger partial charge in [0.2, 0.25) is 0 Å². The molecular formula is C21H24N4O3S. The number of urea groups is 1. The van der Waals surface area contributed by atoms with Crippen LogP contribution in [0.25, 0.3) is 0 Å². The van der Waals surface area contributed by atoms with Gasteiger partial charge in [-0.15, -0.1) is 11.3 Å². The average Bonchev–Trinajstić information content (AvgIpc) is 3.47. The quantitative estimate of drug-likeness (QED) is 0.842. The summed E-state index contributed by atoms with van der Waals surface area (Å²) in [6, 6.07) is 10.7. The molecule has 1 aromatic carbocycles. The van der Waals surface area contributed by atoms with Gasteiger partial charge in [-0.05, 0) is 42.5 Å². The van der Waals surface area contributed by atoms with Gasteiger partial charge in [-0.2, -0.15) is 0 Å². The number of piperazine rings is 1. The van der Waals surface area contributed by atoms with Crippen molar-refractivity contribution in [1.82, 2.24) is 14.7 Å². The van der Waals surface area contributed by atoms with Crippen LogP contribution in [-0.4, -0.2) is 71.8 Å². The van der Waals surface area contributed by atoms with Crippen LogP contribution in [0.15, 0.2) is 41.8 Å². The van der Waals surface area contributed by atoms with Crippen molar-refractivity contribution in [2.75, 3.05) is 44.6 Å². The van der Waals surface area contributed by atoms with Crippen LogP contribution in [0.2, 0.25) is 0 Å². The highest BCUT2D eigenvalue weighted by Crippen LogP contribution is 2.18. The van der Waals surface area contributed by atoms with Gasteiger partial charge in [-0.1, -0.05) is 12.1 Å². The van der Waals surface area contributed by atoms with E-state index < -0.39 is 0 Å². The van der Waals surface area contributed by atoms with Crippen molar-refractivity contribution in [3.8, 4) is 0 Å². The Balaban J connectivity index is 1.35. The Morgan fingerprint density at radius 1 is 0.828 bits per heavy atom. The zero-order valence-electron chi connectivity index (χ0n) is 16.2. The van der Waals surface area contributed by atoms with Crippen molar-refractivity contribution in [2.45, 2.75) is 12.8 Å². The normalized spacial score (nSPS) is 16.8. The summed E-state index contributed by atoms with van der Waals surface area (Å²) in [7, 11) is 0. The van der Waals surface area contributed by atoms with E-state index in [4.69, 9.17) is 0 Å². The van der Waals surface area contributed by atoms with Crippen molar-refractivity contribution >= 4 is 34.9 Å². The molecule has 1 aromatic heterocycles. The van der Waals surface area contributed by atoms with E-state index in [0.29, 0.717) is 42.3 Å². The van der Waals surface area contributed by atoms with E-state index in [-0.39, 0.29) is 17.8 Å². The Hall–Kier alpha value is -2.87. The van der Waals surface area contributed by atoms with Gasteiger partial charge >= 0.3 is 6.03 Å². The molecule has 0 spiro atoms. The fraction of sp³-hybridized carbons (Fsp3) is 0.381. The smallest absolute Gasteiger partial charge is 0.320 e. The predicted molar refractivity (Wildman–Crippen MR) is 112 cm³/mol. The van der Waals surface area contributed by atoms with E-state index in [1.54, 1.807) is 35.2 Å². The molecule has 8 heteroatoms. The maximum Gasteiger partial charge on any atom is 0.320 e. The van der Waals surface area contributed by atoms with Crippen LogP contribution in [0.5, 0.6) is 0 Å². The Labute approximate surface area is 173 Å². The van der Waals surface area contributed by atoms with E-state index in [1.807, 2.05) is 21.2 Å². The number of nitrogens with one attached hydrogen (secondary N) is 1. The highest BCUT2D eigenvalue weighted by molar-refractivity contribution is 7.12. The number of carbonyl (C=O) groups is 3. The summed E-state index contributed by atoms with van der Waals surface area (Å²) in [5, 5.41) is 4.69.